The Morgan fingerprint density at radius 3 is 2.71 bits per heavy atom. The maximum Gasteiger partial charge on any atom is 0.337 e. The predicted octanol–water partition coefficient (Wildman–Crippen LogP) is 5.04. The third kappa shape index (κ3) is 4.21. The van der Waals surface area contributed by atoms with E-state index in [0.29, 0.717) is 17.2 Å². The van der Waals surface area contributed by atoms with Gasteiger partial charge in [0.25, 0.3) is 0 Å². The summed E-state index contributed by atoms with van der Waals surface area (Å²) in [5.41, 5.74) is 5.56. The third-order valence-electron chi connectivity index (χ3n) is 6.42. The highest BCUT2D eigenvalue weighted by molar-refractivity contribution is 7.80. The number of ether oxygens (including phenoxy) is 1. The van der Waals surface area contributed by atoms with Gasteiger partial charge in [-0.2, -0.15) is 0 Å². The van der Waals surface area contributed by atoms with Crippen LogP contribution in [0.1, 0.15) is 50.8 Å². The van der Waals surface area contributed by atoms with Gasteiger partial charge in [0, 0.05) is 23.3 Å². The summed E-state index contributed by atoms with van der Waals surface area (Å²) < 4.78 is 12.7. The quantitative estimate of drug-likeness (QED) is 0.302. The molecular formula is C27H26N4O3S. The number of thiocarbonyl (C=S) groups is 1. The van der Waals surface area contributed by atoms with E-state index >= 15 is 0 Å². The van der Waals surface area contributed by atoms with E-state index in [1.54, 1.807) is 18.5 Å². The average molecular weight is 487 g/mol. The van der Waals surface area contributed by atoms with E-state index in [2.05, 4.69) is 39.7 Å². The maximum absolute atomic E-state index is 12.1. The Kier molecular flexibility index (Phi) is 6.13. The molecule has 4 aromatic rings. The molecule has 3 aromatic heterocycles. The van der Waals surface area contributed by atoms with Gasteiger partial charge in [-0.1, -0.05) is 12.1 Å². The summed E-state index contributed by atoms with van der Waals surface area (Å²) >= 11 is 5.79. The van der Waals surface area contributed by atoms with Gasteiger partial charge in [0.1, 0.15) is 5.76 Å². The lowest BCUT2D eigenvalue weighted by atomic mass is 9.96. The predicted molar refractivity (Wildman–Crippen MR) is 136 cm³/mol. The van der Waals surface area contributed by atoms with Crippen LogP contribution in [0.5, 0.6) is 0 Å². The number of carbonyl (C=O) groups excluding carboxylic acids is 1. The molecule has 2 atom stereocenters. The number of esters is 1. The van der Waals surface area contributed by atoms with Gasteiger partial charge in [-0.15, -0.1) is 0 Å². The van der Waals surface area contributed by atoms with Crippen molar-refractivity contribution in [2.24, 2.45) is 0 Å². The fourth-order valence-electron chi connectivity index (χ4n) is 4.86. The Balaban J connectivity index is 1.61. The molecule has 1 aliphatic heterocycles. The van der Waals surface area contributed by atoms with Crippen LogP contribution in [0.15, 0.2) is 77.5 Å². The molecule has 35 heavy (non-hydrogen) atoms. The normalized spacial score (nSPS) is 17.5. The molecule has 0 saturated carbocycles. The number of hydrogen-bond acceptors (Lipinski definition) is 5. The van der Waals surface area contributed by atoms with Crippen LogP contribution in [-0.4, -0.2) is 32.6 Å². The van der Waals surface area contributed by atoms with Crippen LogP contribution in [0, 0.1) is 13.8 Å². The summed E-state index contributed by atoms with van der Waals surface area (Å²) in [7, 11) is 1.39. The number of furan rings is 1. The van der Waals surface area contributed by atoms with Crippen molar-refractivity contribution in [2.75, 3.05) is 7.11 Å². The molecular weight excluding hydrogens is 460 g/mol. The Morgan fingerprint density at radius 2 is 2.00 bits per heavy atom. The highest BCUT2D eigenvalue weighted by Crippen LogP contribution is 2.42. The smallest absolute Gasteiger partial charge is 0.337 e. The number of pyridine rings is 1. The summed E-state index contributed by atoms with van der Waals surface area (Å²) in [4.78, 5) is 18.9. The molecule has 178 valence electrons. The van der Waals surface area contributed by atoms with Crippen molar-refractivity contribution >= 4 is 23.3 Å². The topological polar surface area (TPSA) is 72.5 Å². The van der Waals surface area contributed by atoms with E-state index in [1.807, 2.05) is 48.5 Å². The van der Waals surface area contributed by atoms with Crippen LogP contribution in [0.25, 0.3) is 5.69 Å². The lowest BCUT2D eigenvalue weighted by Crippen LogP contribution is -2.29. The van der Waals surface area contributed by atoms with Gasteiger partial charge < -0.3 is 23.9 Å². The first-order chi connectivity index (χ1) is 17.0. The lowest BCUT2D eigenvalue weighted by Gasteiger charge is -2.27. The first-order valence-electron chi connectivity index (χ1n) is 11.4. The summed E-state index contributed by atoms with van der Waals surface area (Å²) in [6.07, 6.45) is 3.47. The van der Waals surface area contributed by atoms with Crippen LogP contribution < -0.4 is 5.32 Å². The van der Waals surface area contributed by atoms with E-state index in [0.717, 1.165) is 34.1 Å². The Hall–Kier alpha value is -3.91. The Bertz CT molecular complexity index is 1360. The number of nitrogens with zero attached hydrogens (tertiary/aromatic N) is 3. The second kappa shape index (κ2) is 9.38. The zero-order valence-corrected chi connectivity index (χ0v) is 20.6. The minimum Gasteiger partial charge on any atom is -0.467 e. The molecule has 0 amide bonds. The number of rotatable bonds is 6. The highest BCUT2D eigenvalue weighted by Gasteiger charge is 2.41. The van der Waals surface area contributed by atoms with Crippen LogP contribution in [-0.2, 0) is 11.3 Å². The fourth-order valence-corrected chi connectivity index (χ4v) is 5.16. The zero-order chi connectivity index (χ0) is 24.5. The van der Waals surface area contributed by atoms with Crippen LogP contribution in [0.4, 0.5) is 0 Å². The van der Waals surface area contributed by atoms with Gasteiger partial charge in [0.2, 0.25) is 0 Å². The number of carbonyl (C=O) groups is 1. The van der Waals surface area contributed by atoms with Crippen molar-refractivity contribution in [2.45, 2.75) is 32.5 Å². The number of aromatic nitrogens is 2. The molecule has 0 spiro atoms. The SMILES string of the molecule is COC(=O)c1cccc(-n2c(C)cc(C3C(c4ccccn4)NC(=S)N3Cc3ccco3)c2C)c1. The monoisotopic (exact) mass is 486 g/mol. The third-order valence-corrected chi connectivity index (χ3v) is 6.77. The molecule has 7 nitrogen and oxygen atoms in total. The number of aryl methyl sites for hydroxylation is 1. The molecule has 5 rings (SSSR count). The molecule has 8 heteroatoms. The molecule has 0 bridgehead atoms. The lowest BCUT2D eigenvalue weighted by molar-refractivity contribution is 0.0600. The fraction of sp³-hybridized carbons (Fsp3) is 0.222. The zero-order valence-electron chi connectivity index (χ0n) is 19.8. The van der Waals surface area contributed by atoms with Crippen molar-refractivity contribution in [3.8, 4) is 5.69 Å². The molecule has 1 saturated heterocycles. The standard InChI is InChI=1S/C27H26N4O3S/c1-17-14-22(18(2)31(17)20-9-6-8-19(15-20)26(32)33-3)25-24(23-11-4-5-12-28-23)29-27(35)30(25)16-21-10-7-13-34-21/h4-15,24-25H,16H2,1-3H3,(H,29,35). The molecule has 0 radical (unpaired) electrons. The Morgan fingerprint density at radius 1 is 1.14 bits per heavy atom. The van der Waals surface area contributed by atoms with Gasteiger partial charge in [-0.3, -0.25) is 4.98 Å². The Labute approximate surface area is 209 Å². The van der Waals surface area contributed by atoms with Crippen LogP contribution in [0.2, 0.25) is 0 Å². The van der Waals surface area contributed by atoms with Crippen molar-refractivity contribution in [1.29, 1.82) is 0 Å². The van der Waals surface area contributed by atoms with Crippen molar-refractivity contribution in [3.05, 3.63) is 107 Å². The van der Waals surface area contributed by atoms with E-state index < -0.39 is 0 Å². The summed E-state index contributed by atoms with van der Waals surface area (Å²) in [6.45, 7) is 4.69. The molecule has 1 aromatic carbocycles. The van der Waals surface area contributed by atoms with Crippen molar-refractivity contribution in [3.63, 3.8) is 0 Å². The van der Waals surface area contributed by atoms with E-state index in [9.17, 15) is 4.79 Å². The van der Waals surface area contributed by atoms with Crippen molar-refractivity contribution in [1.82, 2.24) is 19.8 Å². The van der Waals surface area contributed by atoms with Gasteiger partial charge in [-0.05, 0) is 80.2 Å². The summed E-state index contributed by atoms with van der Waals surface area (Å²) in [5, 5.41) is 4.14. The first-order valence-corrected chi connectivity index (χ1v) is 11.8. The van der Waals surface area contributed by atoms with Crippen LogP contribution in [0.3, 0.4) is 0 Å². The second-order valence-corrected chi connectivity index (χ2v) is 8.92. The minimum atomic E-state index is -0.361. The summed E-state index contributed by atoms with van der Waals surface area (Å²) in [6, 6.07) is 19.2. The largest absolute Gasteiger partial charge is 0.467 e. The molecule has 1 aliphatic rings. The van der Waals surface area contributed by atoms with E-state index in [4.69, 9.17) is 21.4 Å². The van der Waals surface area contributed by atoms with E-state index in [1.165, 1.54) is 7.11 Å². The summed E-state index contributed by atoms with van der Waals surface area (Å²) in [5.74, 6) is 0.472. The van der Waals surface area contributed by atoms with Gasteiger partial charge in [0.15, 0.2) is 5.11 Å². The van der Waals surface area contributed by atoms with Crippen molar-refractivity contribution < 1.29 is 13.9 Å². The molecule has 4 heterocycles. The van der Waals surface area contributed by atoms with E-state index in [-0.39, 0.29) is 18.1 Å². The highest BCUT2D eigenvalue weighted by atomic mass is 32.1. The first kappa shape index (κ1) is 22.9. The average Bonchev–Trinajstić information content (AvgIpc) is 3.58. The molecule has 1 fully saturated rings. The number of hydrogen-bond donors (Lipinski definition) is 1. The molecule has 1 N–H and O–H groups in total. The van der Waals surface area contributed by atoms with Gasteiger partial charge >= 0.3 is 5.97 Å². The maximum atomic E-state index is 12.1. The number of benzene rings is 1. The molecule has 2 unspecified atom stereocenters. The van der Waals surface area contributed by atoms with Gasteiger partial charge in [0.05, 0.1) is 43.3 Å². The minimum absolute atomic E-state index is 0.105. The molecule has 0 aliphatic carbocycles. The van der Waals surface area contributed by atoms with Crippen LogP contribution >= 0.6 is 12.2 Å². The second-order valence-electron chi connectivity index (χ2n) is 8.54. The number of nitrogens with one attached hydrogen (secondary N) is 1. The van der Waals surface area contributed by atoms with Gasteiger partial charge in [-0.25, -0.2) is 4.79 Å². The number of methoxy groups -OCH3 is 1.